The molecule has 4 rings (SSSR count). The van der Waals surface area contributed by atoms with E-state index in [0.29, 0.717) is 34.9 Å². The lowest BCUT2D eigenvalue weighted by Crippen LogP contribution is -2.36. The average molecular weight is 457 g/mol. The van der Waals surface area contributed by atoms with Gasteiger partial charge < -0.3 is 14.2 Å². The van der Waals surface area contributed by atoms with Crippen molar-refractivity contribution in [2.24, 2.45) is 0 Å². The first kappa shape index (κ1) is 21.9. The molecule has 3 aromatic rings. The second-order valence-corrected chi connectivity index (χ2v) is 8.70. The van der Waals surface area contributed by atoms with Crippen molar-refractivity contribution in [3.63, 3.8) is 0 Å². The van der Waals surface area contributed by atoms with Gasteiger partial charge in [-0.3, -0.25) is 4.79 Å². The van der Waals surface area contributed by atoms with E-state index in [4.69, 9.17) is 16.3 Å². The Morgan fingerprint density at radius 3 is 2.81 bits per heavy atom. The summed E-state index contributed by atoms with van der Waals surface area (Å²) >= 11 is 7.82. The molecule has 0 aliphatic carbocycles. The summed E-state index contributed by atoms with van der Waals surface area (Å²) in [7, 11) is 1.69. The van der Waals surface area contributed by atoms with Gasteiger partial charge >= 0.3 is 0 Å². The maximum atomic E-state index is 13.0. The third-order valence-electron chi connectivity index (χ3n) is 5.30. The van der Waals surface area contributed by atoms with Crippen LogP contribution in [0.4, 0.5) is 5.69 Å². The molecule has 2 heterocycles. The number of carbonyl (C=O) groups excluding carboxylic acids is 1. The first-order chi connectivity index (χ1) is 15.2. The number of ether oxygens (including phenoxy) is 1. The van der Waals surface area contributed by atoms with Crippen LogP contribution in [0.25, 0.3) is 11.4 Å². The molecule has 0 saturated carbocycles. The normalized spacial score (nSPS) is 13.3. The maximum absolute atomic E-state index is 13.0. The highest BCUT2D eigenvalue weighted by atomic mass is 35.5. The number of benzene rings is 2. The number of hydrogen-bond donors (Lipinski definition) is 0. The SMILES string of the molecule is COCCCn1c(SCC(=O)N2CCCc3ccccc32)nnc1-c1ccccc1Cl. The van der Waals surface area contributed by atoms with Crippen molar-refractivity contribution in [2.75, 3.05) is 30.9 Å². The molecule has 0 unspecified atom stereocenters. The fourth-order valence-corrected chi connectivity index (χ4v) is 4.86. The van der Waals surface area contributed by atoms with Gasteiger partial charge in [-0.15, -0.1) is 10.2 Å². The van der Waals surface area contributed by atoms with Crippen LogP contribution < -0.4 is 4.90 Å². The number of hydrogen-bond acceptors (Lipinski definition) is 5. The van der Waals surface area contributed by atoms with E-state index >= 15 is 0 Å². The van der Waals surface area contributed by atoms with Gasteiger partial charge in [-0.2, -0.15) is 0 Å². The number of methoxy groups -OCH3 is 1. The molecule has 0 spiro atoms. The first-order valence-corrected chi connectivity index (χ1v) is 11.7. The van der Waals surface area contributed by atoms with E-state index in [1.165, 1.54) is 17.3 Å². The number of nitrogens with zero attached hydrogens (tertiary/aromatic N) is 4. The zero-order chi connectivity index (χ0) is 21.6. The van der Waals surface area contributed by atoms with Gasteiger partial charge in [0.25, 0.3) is 0 Å². The second kappa shape index (κ2) is 10.3. The molecular weight excluding hydrogens is 432 g/mol. The minimum absolute atomic E-state index is 0.0860. The van der Waals surface area contributed by atoms with Crippen molar-refractivity contribution in [3.8, 4) is 11.4 Å². The van der Waals surface area contributed by atoms with Crippen molar-refractivity contribution >= 4 is 35.0 Å². The topological polar surface area (TPSA) is 60.2 Å². The molecule has 1 aromatic heterocycles. The summed E-state index contributed by atoms with van der Waals surface area (Å²) < 4.78 is 7.24. The Morgan fingerprint density at radius 2 is 1.97 bits per heavy atom. The number of rotatable bonds is 8. The lowest BCUT2D eigenvalue weighted by Gasteiger charge is -2.29. The van der Waals surface area contributed by atoms with Crippen molar-refractivity contribution in [1.29, 1.82) is 0 Å². The van der Waals surface area contributed by atoms with E-state index in [9.17, 15) is 4.79 Å². The summed E-state index contributed by atoms with van der Waals surface area (Å²) in [6.07, 6.45) is 2.81. The lowest BCUT2D eigenvalue weighted by molar-refractivity contribution is -0.116. The third kappa shape index (κ3) is 4.95. The van der Waals surface area contributed by atoms with E-state index in [1.54, 1.807) is 7.11 Å². The van der Waals surface area contributed by atoms with Crippen LogP contribution in [0.1, 0.15) is 18.4 Å². The Balaban J connectivity index is 1.53. The van der Waals surface area contributed by atoms with E-state index in [0.717, 1.165) is 37.1 Å². The summed E-state index contributed by atoms with van der Waals surface area (Å²) in [4.78, 5) is 14.9. The highest BCUT2D eigenvalue weighted by molar-refractivity contribution is 7.99. The molecule has 0 radical (unpaired) electrons. The fraction of sp³-hybridized carbons (Fsp3) is 0.348. The van der Waals surface area contributed by atoms with Crippen LogP contribution in [0.2, 0.25) is 5.02 Å². The lowest BCUT2D eigenvalue weighted by atomic mass is 10.0. The smallest absolute Gasteiger partial charge is 0.237 e. The number of fused-ring (bicyclic) bond motifs is 1. The fourth-order valence-electron chi connectivity index (χ4n) is 3.80. The van der Waals surface area contributed by atoms with E-state index in [1.807, 2.05) is 51.9 Å². The van der Waals surface area contributed by atoms with E-state index < -0.39 is 0 Å². The largest absolute Gasteiger partial charge is 0.385 e. The quantitative estimate of drug-likeness (QED) is 0.363. The molecule has 0 saturated heterocycles. The number of amides is 1. The number of carbonyl (C=O) groups is 1. The molecule has 1 amide bonds. The van der Waals surface area contributed by atoms with Crippen LogP contribution in [0, 0.1) is 0 Å². The molecular formula is C23H25ClN4O2S. The molecule has 0 atom stereocenters. The number of aryl methyl sites for hydroxylation is 1. The van der Waals surface area contributed by atoms with Gasteiger partial charge in [-0.1, -0.05) is 53.7 Å². The predicted molar refractivity (Wildman–Crippen MR) is 125 cm³/mol. The van der Waals surface area contributed by atoms with E-state index in [-0.39, 0.29) is 5.91 Å². The molecule has 0 bridgehead atoms. The predicted octanol–water partition coefficient (Wildman–Crippen LogP) is 4.71. The molecule has 0 fully saturated rings. The monoisotopic (exact) mass is 456 g/mol. The number of para-hydroxylation sites is 1. The van der Waals surface area contributed by atoms with Crippen molar-refractivity contribution in [1.82, 2.24) is 14.8 Å². The Kier molecular flexibility index (Phi) is 7.27. The first-order valence-electron chi connectivity index (χ1n) is 10.4. The summed E-state index contributed by atoms with van der Waals surface area (Å²) in [6.45, 7) is 2.07. The summed E-state index contributed by atoms with van der Waals surface area (Å²) in [5.41, 5.74) is 3.09. The highest BCUT2D eigenvalue weighted by Crippen LogP contribution is 2.31. The molecule has 31 heavy (non-hydrogen) atoms. The highest BCUT2D eigenvalue weighted by Gasteiger charge is 2.23. The molecule has 1 aliphatic heterocycles. The van der Waals surface area contributed by atoms with Gasteiger partial charge in [-0.05, 0) is 43.0 Å². The van der Waals surface area contributed by atoms with Gasteiger partial charge in [-0.25, -0.2) is 0 Å². The van der Waals surface area contributed by atoms with Crippen molar-refractivity contribution in [3.05, 3.63) is 59.1 Å². The minimum Gasteiger partial charge on any atom is -0.385 e. The van der Waals surface area contributed by atoms with Crippen LogP contribution in [-0.2, 0) is 22.5 Å². The molecule has 2 aromatic carbocycles. The summed E-state index contributed by atoms with van der Waals surface area (Å²) in [5, 5.41) is 10.1. The molecule has 1 aliphatic rings. The number of aromatic nitrogens is 3. The Bertz CT molecular complexity index is 1060. The average Bonchev–Trinajstić information content (AvgIpc) is 3.20. The molecule has 162 valence electrons. The third-order valence-corrected chi connectivity index (χ3v) is 6.58. The zero-order valence-electron chi connectivity index (χ0n) is 17.5. The van der Waals surface area contributed by atoms with Gasteiger partial charge in [0.2, 0.25) is 5.91 Å². The molecule has 0 N–H and O–H groups in total. The van der Waals surface area contributed by atoms with Gasteiger partial charge in [0.05, 0.1) is 10.8 Å². The zero-order valence-corrected chi connectivity index (χ0v) is 19.0. The molecule has 8 heteroatoms. The standard InChI is InChI=1S/C23H25ClN4O2S/c1-30-15-7-14-28-22(18-10-3-4-11-19(18)24)25-26-23(28)31-16-21(29)27-13-6-9-17-8-2-5-12-20(17)27/h2-5,8,10-12H,6-7,9,13-16H2,1H3. The van der Waals surface area contributed by atoms with Crippen LogP contribution in [0.15, 0.2) is 53.7 Å². The van der Waals surface area contributed by atoms with Crippen LogP contribution in [0.5, 0.6) is 0 Å². The summed E-state index contributed by atoms with van der Waals surface area (Å²) in [6, 6.07) is 15.7. The Morgan fingerprint density at radius 1 is 1.16 bits per heavy atom. The van der Waals surface area contributed by atoms with Crippen LogP contribution in [0.3, 0.4) is 0 Å². The van der Waals surface area contributed by atoms with Gasteiger partial charge in [0.1, 0.15) is 0 Å². The van der Waals surface area contributed by atoms with Crippen molar-refractivity contribution < 1.29 is 9.53 Å². The van der Waals surface area contributed by atoms with Crippen LogP contribution in [-0.4, -0.2) is 46.7 Å². The second-order valence-electron chi connectivity index (χ2n) is 7.35. The maximum Gasteiger partial charge on any atom is 0.237 e. The van der Waals surface area contributed by atoms with Gasteiger partial charge in [0, 0.05) is 38.1 Å². The minimum atomic E-state index is 0.0860. The Hall–Kier alpha value is -2.35. The molecule has 6 nitrogen and oxygen atoms in total. The number of thioether (sulfide) groups is 1. The Labute approximate surface area is 191 Å². The van der Waals surface area contributed by atoms with Gasteiger partial charge in [0.15, 0.2) is 11.0 Å². The summed E-state index contributed by atoms with van der Waals surface area (Å²) in [5.74, 6) is 1.10. The number of anilines is 1. The van der Waals surface area contributed by atoms with Crippen molar-refractivity contribution in [2.45, 2.75) is 31.0 Å². The van der Waals surface area contributed by atoms with Crippen LogP contribution >= 0.6 is 23.4 Å². The number of halogens is 1. The van der Waals surface area contributed by atoms with E-state index in [2.05, 4.69) is 16.3 Å².